The summed E-state index contributed by atoms with van der Waals surface area (Å²) >= 11 is 6.40. The van der Waals surface area contributed by atoms with Gasteiger partial charge in [-0.25, -0.2) is 0 Å². The third-order valence-corrected chi connectivity index (χ3v) is 3.09. The van der Waals surface area contributed by atoms with Gasteiger partial charge in [0.15, 0.2) is 0 Å². The molecule has 0 aliphatic heterocycles. The molecule has 0 spiro atoms. The number of alkyl halides is 1. The zero-order chi connectivity index (χ0) is 13.1. The number of rotatable bonds is 4. The second kappa shape index (κ2) is 5.49. The van der Waals surface area contributed by atoms with Crippen molar-refractivity contribution in [3.8, 4) is 5.75 Å². The van der Waals surface area contributed by atoms with Gasteiger partial charge in [0.2, 0.25) is 0 Å². The smallest absolute Gasteiger partial charge is 0.119 e. The van der Waals surface area contributed by atoms with Crippen LogP contribution in [-0.2, 0) is 0 Å². The first-order valence-electron chi connectivity index (χ1n) is 6.02. The summed E-state index contributed by atoms with van der Waals surface area (Å²) in [6.07, 6.45) is 1.88. The van der Waals surface area contributed by atoms with Gasteiger partial charge >= 0.3 is 0 Å². The van der Waals surface area contributed by atoms with E-state index < -0.39 is 0 Å². The Hall–Kier alpha value is -1.41. The predicted octanol–water partition coefficient (Wildman–Crippen LogP) is 4.70. The number of halogens is 1. The quantitative estimate of drug-likeness (QED) is 0.747. The molecular formula is C15H17ClO2. The van der Waals surface area contributed by atoms with Gasteiger partial charge in [0.1, 0.15) is 11.5 Å². The molecule has 2 nitrogen and oxygen atoms in total. The maximum atomic E-state index is 6.40. The van der Waals surface area contributed by atoms with Crippen LogP contribution in [0.15, 0.2) is 41.0 Å². The maximum absolute atomic E-state index is 6.40. The molecule has 0 radical (unpaired) electrons. The van der Waals surface area contributed by atoms with Crippen LogP contribution in [0.4, 0.5) is 0 Å². The first-order valence-corrected chi connectivity index (χ1v) is 6.45. The Kier molecular flexibility index (Phi) is 3.97. The van der Waals surface area contributed by atoms with E-state index in [9.17, 15) is 0 Å². The van der Waals surface area contributed by atoms with E-state index in [0.717, 1.165) is 22.6 Å². The number of hydrogen-bond donors (Lipinski definition) is 0. The third-order valence-electron chi connectivity index (χ3n) is 2.59. The molecule has 1 aromatic heterocycles. The summed E-state index contributed by atoms with van der Waals surface area (Å²) in [6.45, 7) is 5.92. The van der Waals surface area contributed by atoms with Crippen LogP contribution in [-0.4, -0.2) is 6.10 Å². The molecule has 0 amide bonds. The van der Waals surface area contributed by atoms with Crippen molar-refractivity contribution in [3.63, 3.8) is 0 Å². The first-order chi connectivity index (χ1) is 8.56. The van der Waals surface area contributed by atoms with Crippen molar-refractivity contribution in [3.05, 3.63) is 53.5 Å². The molecule has 0 saturated heterocycles. The van der Waals surface area contributed by atoms with Gasteiger partial charge in [-0.3, -0.25) is 0 Å². The highest BCUT2D eigenvalue weighted by atomic mass is 35.5. The van der Waals surface area contributed by atoms with Crippen molar-refractivity contribution in [1.29, 1.82) is 0 Å². The molecule has 0 saturated carbocycles. The minimum absolute atomic E-state index is 0.180. The van der Waals surface area contributed by atoms with Crippen LogP contribution in [0.1, 0.15) is 36.1 Å². The highest BCUT2D eigenvalue weighted by Gasteiger charge is 2.13. The zero-order valence-electron chi connectivity index (χ0n) is 10.8. The largest absolute Gasteiger partial charge is 0.491 e. The highest BCUT2D eigenvalue weighted by Crippen LogP contribution is 2.31. The molecule has 0 fully saturated rings. The van der Waals surface area contributed by atoms with Crippen molar-refractivity contribution in [2.45, 2.75) is 32.3 Å². The van der Waals surface area contributed by atoms with E-state index in [1.165, 1.54) is 0 Å². The van der Waals surface area contributed by atoms with Crippen molar-refractivity contribution < 1.29 is 9.15 Å². The number of hydrogen-bond acceptors (Lipinski definition) is 2. The molecule has 0 bridgehead atoms. The van der Waals surface area contributed by atoms with Gasteiger partial charge < -0.3 is 9.15 Å². The van der Waals surface area contributed by atoms with E-state index >= 15 is 0 Å². The minimum Gasteiger partial charge on any atom is -0.491 e. The Morgan fingerprint density at radius 3 is 2.28 bits per heavy atom. The van der Waals surface area contributed by atoms with E-state index in [1.54, 1.807) is 6.26 Å². The molecule has 2 rings (SSSR count). The first kappa shape index (κ1) is 13.0. The topological polar surface area (TPSA) is 22.4 Å². The summed E-state index contributed by atoms with van der Waals surface area (Å²) in [6, 6.07) is 9.81. The summed E-state index contributed by atoms with van der Waals surface area (Å²) in [5, 5.41) is -0.185. The molecule has 18 heavy (non-hydrogen) atoms. The van der Waals surface area contributed by atoms with Crippen molar-refractivity contribution >= 4 is 11.6 Å². The normalized spacial score (nSPS) is 12.7. The Bertz CT molecular complexity index is 499. The zero-order valence-corrected chi connectivity index (χ0v) is 11.6. The summed E-state index contributed by atoms with van der Waals surface area (Å²) < 4.78 is 10.9. The molecule has 0 aliphatic carbocycles. The lowest BCUT2D eigenvalue weighted by Crippen LogP contribution is -2.05. The molecule has 2 aromatic rings. The van der Waals surface area contributed by atoms with Crippen molar-refractivity contribution in [2.24, 2.45) is 0 Å². The lowest BCUT2D eigenvalue weighted by atomic mass is 10.1. The number of benzene rings is 1. The van der Waals surface area contributed by atoms with E-state index in [-0.39, 0.29) is 11.5 Å². The van der Waals surface area contributed by atoms with Crippen LogP contribution in [0.2, 0.25) is 0 Å². The van der Waals surface area contributed by atoms with Gasteiger partial charge in [-0.1, -0.05) is 12.1 Å². The van der Waals surface area contributed by atoms with Gasteiger partial charge in [-0.2, -0.15) is 0 Å². The van der Waals surface area contributed by atoms with Crippen molar-refractivity contribution in [1.82, 2.24) is 0 Å². The van der Waals surface area contributed by atoms with Crippen LogP contribution in [0.5, 0.6) is 5.75 Å². The van der Waals surface area contributed by atoms with E-state index in [1.807, 2.05) is 51.1 Å². The molecule has 1 aromatic carbocycles. The Morgan fingerprint density at radius 2 is 1.78 bits per heavy atom. The lowest BCUT2D eigenvalue weighted by molar-refractivity contribution is 0.242. The van der Waals surface area contributed by atoms with Crippen molar-refractivity contribution in [2.75, 3.05) is 0 Å². The monoisotopic (exact) mass is 264 g/mol. The Balaban J connectivity index is 2.14. The molecule has 1 atom stereocenters. The van der Waals surface area contributed by atoms with Crippen LogP contribution in [0.3, 0.4) is 0 Å². The van der Waals surface area contributed by atoms with E-state index in [2.05, 4.69) is 0 Å². The van der Waals surface area contributed by atoms with Crippen LogP contribution in [0.25, 0.3) is 0 Å². The second-order valence-corrected chi connectivity index (χ2v) is 5.03. The van der Waals surface area contributed by atoms with E-state index in [4.69, 9.17) is 20.8 Å². The third kappa shape index (κ3) is 3.08. The van der Waals surface area contributed by atoms with Gasteiger partial charge in [0.05, 0.1) is 17.7 Å². The Labute approximate surface area is 113 Å². The molecule has 96 valence electrons. The van der Waals surface area contributed by atoms with E-state index in [0.29, 0.717) is 0 Å². The maximum Gasteiger partial charge on any atom is 0.119 e. The highest BCUT2D eigenvalue weighted by molar-refractivity contribution is 6.22. The standard InChI is InChI=1S/C15H17ClO2/c1-10(2)18-14-6-4-12(5-7-14)15(16)13-8-11(3)17-9-13/h4-10,15H,1-3H3. The fraction of sp³-hybridized carbons (Fsp3) is 0.333. The summed E-state index contributed by atoms with van der Waals surface area (Å²) in [5.41, 5.74) is 2.01. The van der Waals surface area contributed by atoms with Crippen LogP contribution in [0, 0.1) is 6.92 Å². The summed E-state index contributed by atoms with van der Waals surface area (Å²) in [5.74, 6) is 1.73. The molecule has 3 heteroatoms. The minimum atomic E-state index is -0.185. The number of ether oxygens (including phenoxy) is 1. The van der Waals surface area contributed by atoms with Crippen LogP contribution >= 0.6 is 11.6 Å². The average molecular weight is 265 g/mol. The van der Waals surface area contributed by atoms with Crippen LogP contribution < -0.4 is 4.74 Å². The Morgan fingerprint density at radius 1 is 1.11 bits per heavy atom. The fourth-order valence-corrected chi connectivity index (χ4v) is 2.04. The van der Waals surface area contributed by atoms with Gasteiger partial charge in [-0.05, 0) is 44.5 Å². The number of furan rings is 1. The second-order valence-electron chi connectivity index (χ2n) is 4.59. The predicted molar refractivity (Wildman–Crippen MR) is 73.3 cm³/mol. The lowest BCUT2D eigenvalue weighted by Gasteiger charge is -2.11. The average Bonchev–Trinajstić information content (AvgIpc) is 2.75. The molecular weight excluding hydrogens is 248 g/mol. The molecule has 0 aliphatic rings. The number of aryl methyl sites for hydroxylation is 1. The SMILES string of the molecule is Cc1cc(C(Cl)c2ccc(OC(C)C)cc2)co1. The molecule has 0 N–H and O–H groups in total. The van der Waals surface area contributed by atoms with Gasteiger partial charge in [0.25, 0.3) is 0 Å². The summed E-state index contributed by atoms with van der Waals surface area (Å²) in [4.78, 5) is 0. The van der Waals surface area contributed by atoms with Gasteiger partial charge in [-0.15, -0.1) is 11.6 Å². The van der Waals surface area contributed by atoms with Gasteiger partial charge in [0, 0.05) is 5.56 Å². The molecule has 1 heterocycles. The molecule has 1 unspecified atom stereocenters. The summed E-state index contributed by atoms with van der Waals surface area (Å²) in [7, 11) is 0. The fourth-order valence-electron chi connectivity index (χ4n) is 1.78.